The maximum atomic E-state index is 10.0. The van der Waals surface area contributed by atoms with Gasteiger partial charge in [0.05, 0.1) is 13.2 Å². The Balaban J connectivity index is 1.86. The summed E-state index contributed by atoms with van der Waals surface area (Å²) >= 11 is 0. The van der Waals surface area contributed by atoms with Crippen molar-refractivity contribution < 1.29 is 42.9 Å². The molecular formula is C18H32O9Si2. The van der Waals surface area contributed by atoms with E-state index in [-0.39, 0.29) is 6.61 Å². The summed E-state index contributed by atoms with van der Waals surface area (Å²) in [6, 6.07) is 8.60. The van der Waals surface area contributed by atoms with Gasteiger partial charge in [-0.3, -0.25) is 0 Å². The van der Waals surface area contributed by atoms with Gasteiger partial charge >= 0.3 is 8.80 Å². The third-order valence-corrected chi connectivity index (χ3v) is 9.86. The largest absolute Gasteiger partial charge is 0.489 e. The molecule has 11 heteroatoms. The van der Waals surface area contributed by atoms with Crippen LogP contribution in [0, 0.1) is 0 Å². The molecule has 29 heavy (non-hydrogen) atoms. The maximum Gasteiger partial charge on any atom is 0.489 e. The molecule has 1 saturated heterocycles. The minimum absolute atomic E-state index is 0.171. The predicted molar refractivity (Wildman–Crippen MR) is 109 cm³/mol. The number of benzene rings is 1. The van der Waals surface area contributed by atoms with E-state index < -0.39 is 46.1 Å². The SMILES string of the molecule is CO[Si](CCCc1ccc(CO[C@@H]2[C@@H](O)[C@@H](O)O[C@@H]2C(O)CO)cc1)(OC)O[SiH3]. The normalized spacial score (nSPS) is 26.1. The van der Waals surface area contributed by atoms with Crippen LogP contribution in [0.1, 0.15) is 17.5 Å². The summed E-state index contributed by atoms with van der Waals surface area (Å²) in [5.41, 5.74) is 2.03. The fourth-order valence-electron chi connectivity index (χ4n) is 3.34. The van der Waals surface area contributed by atoms with E-state index in [2.05, 4.69) is 0 Å². The molecule has 2 rings (SSSR count). The van der Waals surface area contributed by atoms with Gasteiger partial charge in [0.25, 0.3) is 0 Å². The van der Waals surface area contributed by atoms with E-state index >= 15 is 0 Å². The van der Waals surface area contributed by atoms with Crippen molar-refractivity contribution >= 4 is 19.3 Å². The van der Waals surface area contributed by atoms with Gasteiger partial charge in [-0.05, 0) is 24.0 Å². The number of hydrogen-bond donors (Lipinski definition) is 4. The molecule has 0 aromatic heterocycles. The molecule has 0 amide bonds. The summed E-state index contributed by atoms with van der Waals surface area (Å²) in [5.74, 6) is 0. The topological polar surface area (TPSA) is 127 Å². The molecule has 1 heterocycles. The molecule has 0 bridgehead atoms. The van der Waals surface area contributed by atoms with Gasteiger partial charge in [0.15, 0.2) is 6.29 Å². The van der Waals surface area contributed by atoms with Gasteiger partial charge in [0.2, 0.25) is 0 Å². The zero-order valence-corrected chi connectivity index (χ0v) is 20.1. The highest BCUT2D eigenvalue weighted by atomic mass is 28.4. The first-order chi connectivity index (χ1) is 13.9. The van der Waals surface area contributed by atoms with Crippen molar-refractivity contribution in [2.45, 2.75) is 56.2 Å². The summed E-state index contributed by atoms with van der Waals surface area (Å²) in [4.78, 5) is 0. The van der Waals surface area contributed by atoms with Gasteiger partial charge in [-0.1, -0.05) is 24.3 Å². The van der Waals surface area contributed by atoms with Crippen molar-refractivity contribution in [1.82, 2.24) is 0 Å². The lowest BCUT2D eigenvalue weighted by molar-refractivity contribution is -0.151. The second-order valence-electron chi connectivity index (χ2n) is 6.97. The molecule has 166 valence electrons. The first-order valence-corrected chi connectivity index (χ1v) is 12.3. The van der Waals surface area contributed by atoms with E-state index in [1.54, 1.807) is 14.2 Å². The molecule has 1 aliphatic rings. The van der Waals surface area contributed by atoms with Crippen LogP contribution in [0.4, 0.5) is 0 Å². The van der Waals surface area contributed by atoms with Crippen LogP contribution in [-0.2, 0) is 35.5 Å². The number of aliphatic hydroxyl groups excluding tert-OH is 4. The van der Waals surface area contributed by atoms with E-state index in [9.17, 15) is 15.3 Å². The van der Waals surface area contributed by atoms with Crippen LogP contribution < -0.4 is 0 Å². The van der Waals surface area contributed by atoms with Crippen molar-refractivity contribution in [2.75, 3.05) is 20.8 Å². The molecule has 1 aromatic carbocycles. The van der Waals surface area contributed by atoms with Crippen LogP contribution in [0.3, 0.4) is 0 Å². The highest BCUT2D eigenvalue weighted by molar-refractivity contribution is 6.63. The first kappa shape index (κ1) is 24.6. The Hall–Kier alpha value is -0.706. The fourth-order valence-corrected chi connectivity index (χ4v) is 6.68. The first-order valence-electron chi connectivity index (χ1n) is 9.55. The van der Waals surface area contributed by atoms with Crippen LogP contribution in [0.25, 0.3) is 0 Å². The van der Waals surface area contributed by atoms with Crippen molar-refractivity contribution in [3.05, 3.63) is 35.4 Å². The lowest BCUT2D eigenvalue weighted by atomic mass is 10.1. The average Bonchev–Trinajstić information content (AvgIpc) is 3.04. The molecule has 4 N–H and O–H groups in total. The van der Waals surface area contributed by atoms with Gasteiger partial charge in [-0.15, -0.1) is 0 Å². The molecule has 5 atom stereocenters. The van der Waals surface area contributed by atoms with Gasteiger partial charge in [0, 0.05) is 20.3 Å². The summed E-state index contributed by atoms with van der Waals surface area (Å²) in [7, 11) is 1.33. The Labute approximate surface area is 175 Å². The lowest BCUT2D eigenvalue weighted by Gasteiger charge is -2.25. The van der Waals surface area contributed by atoms with Gasteiger partial charge < -0.3 is 42.9 Å². The van der Waals surface area contributed by atoms with Gasteiger partial charge in [0.1, 0.15) is 34.9 Å². The van der Waals surface area contributed by atoms with E-state index in [1.165, 1.54) is 0 Å². The summed E-state index contributed by atoms with van der Waals surface area (Å²) in [5, 5.41) is 38.5. The van der Waals surface area contributed by atoms with Gasteiger partial charge in [-0.25, -0.2) is 0 Å². The zero-order chi connectivity index (χ0) is 21.4. The Kier molecular flexibility index (Phi) is 9.84. The summed E-state index contributed by atoms with van der Waals surface area (Å²) < 4.78 is 27.2. The molecular weight excluding hydrogens is 416 g/mol. The molecule has 9 nitrogen and oxygen atoms in total. The average molecular weight is 449 g/mol. The van der Waals surface area contributed by atoms with Crippen molar-refractivity contribution in [3.8, 4) is 0 Å². The molecule has 1 unspecified atom stereocenters. The summed E-state index contributed by atoms with van der Waals surface area (Å²) in [6.45, 7) is -0.384. The van der Waals surface area contributed by atoms with Crippen molar-refractivity contribution in [1.29, 1.82) is 0 Å². The number of rotatable bonds is 12. The fraction of sp³-hybridized carbons (Fsp3) is 0.667. The third kappa shape index (κ3) is 6.39. The number of aliphatic hydroxyl groups is 4. The van der Waals surface area contributed by atoms with Crippen molar-refractivity contribution in [3.63, 3.8) is 0 Å². The van der Waals surface area contributed by atoms with Crippen molar-refractivity contribution in [2.24, 2.45) is 0 Å². The number of aryl methyl sites for hydroxylation is 1. The molecule has 1 fully saturated rings. The Bertz CT molecular complexity index is 591. The number of ether oxygens (including phenoxy) is 2. The van der Waals surface area contributed by atoms with Crippen LogP contribution in [-0.4, -0.2) is 91.2 Å². The second-order valence-corrected chi connectivity index (χ2v) is 11.3. The van der Waals surface area contributed by atoms with Crippen LogP contribution in [0.15, 0.2) is 24.3 Å². The maximum absolute atomic E-state index is 10.0. The molecule has 0 spiro atoms. The monoisotopic (exact) mass is 448 g/mol. The second kappa shape index (κ2) is 11.6. The smallest absolute Gasteiger partial charge is 0.424 e. The number of hydrogen-bond acceptors (Lipinski definition) is 9. The Morgan fingerprint density at radius 3 is 2.31 bits per heavy atom. The van der Waals surface area contributed by atoms with Crippen LogP contribution in [0.5, 0.6) is 0 Å². The van der Waals surface area contributed by atoms with Crippen LogP contribution in [0.2, 0.25) is 6.04 Å². The van der Waals surface area contributed by atoms with E-state index in [0.717, 1.165) is 30.0 Å². The molecule has 0 saturated carbocycles. The molecule has 0 radical (unpaired) electrons. The quantitative estimate of drug-likeness (QED) is 0.282. The Morgan fingerprint density at radius 1 is 1.14 bits per heavy atom. The van der Waals surface area contributed by atoms with E-state index in [4.69, 9.17) is 27.5 Å². The highest BCUT2D eigenvalue weighted by Gasteiger charge is 2.46. The van der Waals surface area contributed by atoms with E-state index in [1.807, 2.05) is 24.3 Å². The molecule has 1 aliphatic heterocycles. The van der Waals surface area contributed by atoms with E-state index in [0.29, 0.717) is 10.5 Å². The highest BCUT2D eigenvalue weighted by Crippen LogP contribution is 2.26. The molecule has 0 aliphatic carbocycles. The van der Waals surface area contributed by atoms with Gasteiger partial charge in [-0.2, -0.15) is 0 Å². The third-order valence-electron chi connectivity index (χ3n) is 5.16. The zero-order valence-electron chi connectivity index (χ0n) is 17.1. The molecule has 1 aromatic rings. The lowest BCUT2D eigenvalue weighted by Crippen LogP contribution is -2.43. The Morgan fingerprint density at radius 2 is 1.76 bits per heavy atom. The minimum Gasteiger partial charge on any atom is -0.424 e. The summed E-state index contributed by atoms with van der Waals surface area (Å²) in [6.07, 6.45) is -4.20. The predicted octanol–water partition coefficient (Wildman–Crippen LogP) is -1.54. The minimum atomic E-state index is -2.49. The van der Waals surface area contributed by atoms with Crippen LogP contribution >= 0.6 is 0 Å². The standard InChI is InChI=1S/C18H32O9Si2/c1-23-29(24-2,27-28)9-3-4-12-5-7-13(8-6-12)11-25-17-15(21)18(22)26-16(17)14(20)10-19/h5-8,14-22H,3-4,9-11H2,1-2,28H3/t14?,15-,16-,17-,18+/m1/s1.